The number of nitrogens with one attached hydrogen (secondary N) is 2. The largest absolute Gasteiger partial charge is 0.342 e. The molecule has 134 valence electrons. The molecule has 2 N–H and O–H groups in total. The summed E-state index contributed by atoms with van der Waals surface area (Å²) in [6, 6.07) is 3.37. The van der Waals surface area contributed by atoms with E-state index in [-0.39, 0.29) is 17.3 Å². The molecule has 4 rings (SSSR count). The van der Waals surface area contributed by atoms with Crippen molar-refractivity contribution >= 4 is 28.4 Å². The lowest BCUT2D eigenvalue weighted by Crippen LogP contribution is -2.30. The quantitative estimate of drug-likeness (QED) is 0.887. The van der Waals surface area contributed by atoms with E-state index < -0.39 is 0 Å². The summed E-state index contributed by atoms with van der Waals surface area (Å²) in [5.41, 5.74) is 2.25. The number of pyridine rings is 2. The predicted octanol–water partition coefficient (Wildman–Crippen LogP) is 3.25. The van der Waals surface area contributed by atoms with Crippen LogP contribution in [0.25, 0.3) is 10.9 Å². The van der Waals surface area contributed by atoms with Gasteiger partial charge in [0.15, 0.2) is 5.43 Å². The van der Waals surface area contributed by atoms with Gasteiger partial charge in [-0.25, -0.2) is 4.98 Å². The molecule has 0 bridgehead atoms. The number of rotatable bonds is 4. The zero-order valence-electron chi connectivity index (χ0n) is 15.0. The summed E-state index contributed by atoms with van der Waals surface area (Å²) >= 11 is 0. The van der Waals surface area contributed by atoms with Crippen LogP contribution in [0, 0.1) is 12.8 Å². The number of aromatic amines is 1. The molecule has 0 aliphatic heterocycles. The molecule has 0 saturated heterocycles. The van der Waals surface area contributed by atoms with Crippen molar-refractivity contribution in [2.75, 3.05) is 17.3 Å². The lowest BCUT2D eigenvalue weighted by molar-refractivity contribution is -0.119. The van der Waals surface area contributed by atoms with Crippen LogP contribution in [0.4, 0.5) is 11.6 Å². The normalized spacial score (nSPS) is 16.5. The van der Waals surface area contributed by atoms with Gasteiger partial charge in [0, 0.05) is 30.4 Å². The third-order valence-electron chi connectivity index (χ3n) is 4.77. The van der Waals surface area contributed by atoms with Crippen molar-refractivity contribution in [1.82, 2.24) is 9.97 Å². The maximum atomic E-state index is 12.8. The monoisotopic (exact) mass is 350 g/mol. The van der Waals surface area contributed by atoms with Crippen LogP contribution in [0.1, 0.15) is 31.4 Å². The van der Waals surface area contributed by atoms with E-state index in [4.69, 9.17) is 0 Å². The number of anilines is 2. The third-order valence-corrected chi connectivity index (χ3v) is 4.77. The van der Waals surface area contributed by atoms with Crippen molar-refractivity contribution in [3.63, 3.8) is 0 Å². The SMILES string of the molecule is Cc1cc2[nH]c(NC3=CCCC=C3)cc(=O)c2c(N(C)C(=O)C2CC2)n1. The zero-order chi connectivity index (χ0) is 18.3. The predicted molar refractivity (Wildman–Crippen MR) is 103 cm³/mol. The second kappa shape index (κ2) is 6.44. The average molecular weight is 350 g/mol. The Morgan fingerprint density at radius 3 is 2.81 bits per heavy atom. The molecular weight excluding hydrogens is 328 g/mol. The Kier molecular flexibility index (Phi) is 4.11. The highest BCUT2D eigenvalue weighted by atomic mass is 16.2. The van der Waals surface area contributed by atoms with Gasteiger partial charge in [-0.05, 0) is 44.7 Å². The number of hydrogen-bond donors (Lipinski definition) is 2. The van der Waals surface area contributed by atoms with Gasteiger partial charge in [-0.1, -0.05) is 12.2 Å². The summed E-state index contributed by atoms with van der Waals surface area (Å²) in [5.74, 6) is 1.17. The van der Waals surface area contributed by atoms with Crippen molar-refractivity contribution in [2.45, 2.75) is 32.6 Å². The molecule has 2 heterocycles. The highest BCUT2D eigenvalue weighted by Gasteiger charge is 2.33. The number of H-pyrrole nitrogens is 1. The summed E-state index contributed by atoms with van der Waals surface area (Å²) in [4.78, 5) is 34.5. The summed E-state index contributed by atoms with van der Waals surface area (Å²) in [6.07, 6.45) is 10.1. The second-order valence-corrected chi connectivity index (χ2v) is 6.99. The van der Waals surface area contributed by atoms with Crippen LogP contribution in [-0.4, -0.2) is 22.9 Å². The minimum Gasteiger partial charge on any atom is -0.342 e. The van der Waals surface area contributed by atoms with Crippen molar-refractivity contribution < 1.29 is 4.79 Å². The van der Waals surface area contributed by atoms with Crippen LogP contribution in [-0.2, 0) is 4.79 Å². The van der Waals surface area contributed by atoms with Gasteiger partial charge in [0.05, 0.1) is 10.9 Å². The first kappa shape index (κ1) is 16.6. The number of nitrogens with zero attached hydrogens (tertiary/aromatic N) is 2. The molecule has 0 radical (unpaired) electrons. The maximum Gasteiger partial charge on any atom is 0.231 e. The smallest absolute Gasteiger partial charge is 0.231 e. The van der Waals surface area contributed by atoms with Gasteiger partial charge in [0.1, 0.15) is 11.6 Å². The van der Waals surface area contributed by atoms with Crippen LogP contribution < -0.4 is 15.6 Å². The van der Waals surface area contributed by atoms with E-state index in [1.165, 1.54) is 11.0 Å². The van der Waals surface area contributed by atoms with E-state index in [2.05, 4.69) is 27.4 Å². The molecule has 2 aromatic heterocycles. The Labute approximate surface area is 151 Å². The summed E-state index contributed by atoms with van der Waals surface area (Å²) in [6.45, 7) is 1.86. The number of aryl methyl sites for hydroxylation is 1. The van der Waals surface area contributed by atoms with Gasteiger partial charge in [-0.15, -0.1) is 0 Å². The average Bonchev–Trinajstić information content (AvgIpc) is 3.45. The molecule has 0 atom stereocenters. The van der Waals surface area contributed by atoms with Gasteiger partial charge in [-0.2, -0.15) is 0 Å². The topological polar surface area (TPSA) is 78.1 Å². The van der Waals surface area contributed by atoms with E-state index in [0.29, 0.717) is 22.5 Å². The summed E-state index contributed by atoms with van der Waals surface area (Å²) in [5, 5.41) is 3.70. The van der Waals surface area contributed by atoms with Crippen LogP contribution in [0.5, 0.6) is 0 Å². The number of carbonyl (C=O) groups excluding carboxylic acids is 1. The molecule has 2 aliphatic rings. The Bertz CT molecular complexity index is 999. The third kappa shape index (κ3) is 3.14. The van der Waals surface area contributed by atoms with E-state index in [9.17, 15) is 9.59 Å². The van der Waals surface area contributed by atoms with Crippen LogP contribution in [0.2, 0.25) is 0 Å². The fourth-order valence-electron chi connectivity index (χ4n) is 3.26. The molecule has 2 aromatic rings. The number of allylic oxidation sites excluding steroid dienone is 3. The summed E-state index contributed by atoms with van der Waals surface area (Å²) in [7, 11) is 1.70. The molecular formula is C20H22N4O2. The number of fused-ring (bicyclic) bond motifs is 1. The molecule has 6 nitrogen and oxygen atoms in total. The first-order valence-corrected chi connectivity index (χ1v) is 8.99. The maximum absolute atomic E-state index is 12.8. The highest BCUT2D eigenvalue weighted by molar-refractivity contribution is 6.02. The Balaban J connectivity index is 1.77. The Morgan fingerprint density at radius 2 is 2.12 bits per heavy atom. The Hall–Kier alpha value is -2.89. The van der Waals surface area contributed by atoms with Crippen molar-refractivity contribution in [2.24, 2.45) is 5.92 Å². The lowest BCUT2D eigenvalue weighted by Gasteiger charge is -2.19. The Morgan fingerprint density at radius 1 is 1.31 bits per heavy atom. The number of hydrogen-bond acceptors (Lipinski definition) is 4. The van der Waals surface area contributed by atoms with Gasteiger partial charge in [0.2, 0.25) is 5.91 Å². The number of carbonyl (C=O) groups is 1. The van der Waals surface area contributed by atoms with Crippen molar-refractivity contribution in [1.29, 1.82) is 0 Å². The van der Waals surface area contributed by atoms with Crippen LogP contribution >= 0.6 is 0 Å². The first-order valence-electron chi connectivity index (χ1n) is 8.99. The highest BCUT2D eigenvalue weighted by Crippen LogP contribution is 2.33. The minimum atomic E-state index is -0.153. The van der Waals surface area contributed by atoms with E-state index >= 15 is 0 Å². The lowest BCUT2D eigenvalue weighted by atomic mass is 10.1. The first-order chi connectivity index (χ1) is 12.5. The van der Waals surface area contributed by atoms with Gasteiger partial charge in [-0.3, -0.25) is 14.5 Å². The standard InChI is InChI=1S/C20H22N4O2/c1-12-10-15-18(19(21-12)24(2)20(26)13-8-9-13)16(25)11-17(23-15)22-14-6-4-3-5-7-14/h4,6-7,10-11,13H,3,5,8-9H2,1-2H3,(H2,22,23,25). The van der Waals surface area contributed by atoms with E-state index in [1.54, 1.807) is 7.05 Å². The molecule has 0 spiro atoms. The van der Waals surface area contributed by atoms with Crippen LogP contribution in [0.15, 0.2) is 40.9 Å². The molecule has 26 heavy (non-hydrogen) atoms. The second-order valence-electron chi connectivity index (χ2n) is 6.99. The number of amides is 1. The summed E-state index contributed by atoms with van der Waals surface area (Å²) < 4.78 is 0. The van der Waals surface area contributed by atoms with Gasteiger partial charge in [0.25, 0.3) is 0 Å². The molecule has 2 aliphatic carbocycles. The zero-order valence-corrected chi connectivity index (χ0v) is 15.0. The van der Waals surface area contributed by atoms with E-state index in [1.807, 2.05) is 19.1 Å². The fourth-order valence-corrected chi connectivity index (χ4v) is 3.26. The molecule has 1 amide bonds. The number of aromatic nitrogens is 2. The van der Waals surface area contributed by atoms with Crippen molar-refractivity contribution in [3.05, 3.63) is 52.0 Å². The van der Waals surface area contributed by atoms with Crippen LogP contribution in [0.3, 0.4) is 0 Å². The van der Waals surface area contributed by atoms with E-state index in [0.717, 1.165) is 37.1 Å². The molecule has 1 fully saturated rings. The van der Waals surface area contributed by atoms with Gasteiger partial charge >= 0.3 is 0 Å². The molecule has 6 heteroatoms. The fraction of sp³-hybridized carbons (Fsp3) is 0.350. The molecule has 1 saturated carbocycles. The minimum absolute atomic E-state index is 0.0310. The van der Waals surface area contributed by atoms with Crippen molar-refractivity contribution in [3.8, 4) is 0 Å². The molecule has 0 unspecified atom stereocenters. The molecule has 0 aromatic carbocycles. The van der Waals surface area contributed by atoms with Gasteiger partial charge < -0.3 is 10.3 Å².